The van der Waals surface area contributed by atoms with Crippen LogP contribution in [0.1, 0.15) is 13.3 Å². The fourth-order valence-corrected chi connectivity index (χ4v) is 4.44. The van der Waals surface area contributed by atoms with Crippen LogP contribution in [0.25, 0.3) is 5.69 Å². The molecule has 4 rings (SSSR count). The van der Waals surface area contributed by atoms with E-state index in [9.17, 15) is 9.59 Å². The van der Waals surface area contributed by atoms with Crippen molar-refractivity contribution in [3.8, 4) is 5.69 Å². The van der Waals surface area contributed by atoms with Crippen molar-refractivity contribution in [1.82, 2.24) is 19.8 Å². The Kier molecular flexibility index (Phi) is 5.23. The Labute approximate surface area is 170 Å². The molecule has 3 aromatic rings. The van der Waals surface area contributed by atoms with Gasteiger partial charge in [0.2, 0.25) is 5.91 Å². The van der Waals surface area contributed by atoms with Crippen LogP contribution in [0.2, 0.25) is 5.02 Å². The lowest BCUT2D eigenvalue weighted by Crippen LogP contribution is -2.38. The number of hydrogen-bond acceptors (Lipinski definition) is 5. The molecule has 1 unspecified atom stereocenters. The lowest BCUT2D eigenvalue weighted by atomic mass is 10.2. The van der Waals surface area contributed by atoms with E-state index in [-0.39, 0.29) is 12.5 Å². The summed E-state index contributed by atoms with van der Waals surface area (Å²) in [5.41, 5.74) is 0.791. The smallest absolute Gasteiger partial charge is 0.310 e. The van der Waals surface area contributed by atoms with E-state index >= 15 is 0 Å². The Balaban J connectivity index is 1.62. The molecule has 0 spiro atoms. The van der Waals surface area contributed by atoms with E-state index in [0.717, 1.165) is 26.4 Å². The molecule has 0 saturated heterocycles. The highest BCUT2D eigenvalue weighted by molar-refractivity contribution is 8.00. The van der Waals surface area contributed by atoms with Crippen LogP contribution in [0.3, 0.4) is 0 Å². The van der Waals surface area contributed by atoms with Crippen LogP contribution in [0.4, 0.5) is 5.69 Å². The highest BCUT2D eigenvalue weighted by atomic mass is 35.5. The Morgan fingerprint density at radius 2 is 1.86 bits per heavy atom. The van der Waals surface area contributed by atoms with Crippen molar-refractivity contribution in [3.63, 3.8) is 0 Å². The molecule has 1 aromatic heterocycles. The Bertz CT molecular complexity index is 1080. The number of anilines is 1. The van der Waals surface area contributed by atoms with Crippen LogP contribution < -0.4 is 10.6 Å². The van der Waals surface area contributed by atoms with E-state index in [4.69, 9.17) is 11.6 Å². The second-order valence-corrected chi connectivity index (χ2v) is 8.40. The summed E-state index contributed by atoms with van der Waals surface area (Å²) in [5, 5.41) is 8.54. The van der Waals surface area contributed by atoms with E-state index in [0.29, 0.717) is 22.5 Å². The van der Waals surface area contributed by atoms with Gasteiger partial charge in [0.05, 0.1) is 16.4 Å². The van der Waals surface area contributed by atoms with E-state index in [1.54, 1.807) is 40.9 Å². The number of para-hydroxylation sites is 2. The summed E-state index contributed by atoms with van der Waals surface area (Å²) in [6, 6.07) is 14.7. The fourth-order valence-electron chi connectivity index (χ4n) is 3.11. The van der Waals surface area contributed by atoms with Crippen LogP contribution in [0.15, 0.2) is 58.2 Å². The number of benzene rings is 2. The third kappa shape index (κ3) is 3.57. The molecule has 0 bridgehead atoms. The number of nitrogens with zero attached hydrogens (tertiary/aromatic N) is 5. The Morgan fingerprint density at radius 1 is 1.14 bits per heavy atom. The molecule has 0 N–H and O–H groups in total. The van der Waals surface area contributed by atoms with Gasteiger partial charge in [0, 0.05) is 16.7 Å². The van der Waals surface area contributed by atoms with Gasteiger partial charge in [-0.15, -0.1) is 11.8 Å². The maximum Gasteiger partial charge on any atom is 0.369 e. The first-order valence-electron chi connectivity index (χ1n) is 8.88. The summed E-state index contributed by atoms with van der Waals surface area (Å²) in [7, 11) is 0. The van der Waals surface area contributed by atoms with E-state index in [1.165, 1.54) is 0 Å². The minimum absolute atomic E-state index is 0.184. The van der Waals surface area contributed by atoms with Crippen molar-refractivity contribution in [3.05, 3.63) is 64.0 Å². The predicted molar refractivity (Wildman–Crippen MR) is 109 cm³/mol. The van der Waals surface area contributed by atoms with Crippen LogP contribution in [0.5, 0.6) is 0 Å². The minimum atomic E-state index is -0.507. The molecule has 0 saturated carbocycles. The van der Waals surface area contributed by atoms with Crippen molar-refractivity contribution >= 4 is 35.0 Å². The third-order valence-electron chi connectivity index (χ3n) is 4.55. The lowest BCUT2D eigenvalue weighted by molar-refractivity contribution is -0.119. The zero-order valence-electron chi connectivity index (χ0n) is 15.2. The molecule has 7 nitrogen and oxygen atoms in total. The molecule has 2 heterocycles. The molecule has 0 aliphatic carbocycles. The molecule has 28 heavy (non-hydrogen) atoms. The third-order valence-corrected chi connectivity index (χ3v) is 6.11. The van der Waals surface area contributed by atoms with Gasteiger partial charge < -0.3 is 4.90 Å². The van der Waals surface area contributed by atoms with Crippen molar-refractivity contribution in [1.29, 1.82) is 0 Å². The number of thioether (sulfide) groups is 1. The number of fused-ring (bicyclic) bond motifs is 1. The Morgan fingerprint density at radius 3 is 2.64 bits per heavy atom. The molecule has 9 heteroatoms. The van der Waals surface area contributed by atoms with Gasteiger partial charge in [-0.3, -0.25) is 4.79 Å². The first kappa shape index (κ1) is 18.8. The summed E-state index contributed by atoms with van der Waals surface area (Å²) in [4.78, 5) is 28.5. The second-order valence-electron chi connectivity index (χ2n) is 6.51. The summed E-state index contributed by atoms with van der Waals surface area (Å²) < 4.78 is 2.17. The number of amides is 1. The van der Waals surface area contributed by atoms with Gasteiger partial charge in [-0.2, -0.15) is 9.36 Å². The minimum Gasteiger partial charge on any atom is -0.310 e. The summed E-state index contributed by atoms with van der Waals surface area (Å²) in [6.45, 7) is 2.56. The first-order chi connectivity index (χ1) is 13.5. The normalized spacial score (nSPS) is 16.5. The molecule has 1 aliphatic rings. The van der Waals surface area contributed by atoms with Crippen molar-refractivity contribution < 1.29 is 4.79 Å². The number of carbonyl (C=O) groups excluding carboxylic acids is 1. The molecule has 1 amide bonds. The zero-order chi connectivity index (χ0) is 19.7. The molecule has 0 radical (unpaired) electrons. The van der Waals surface area contributed by atoms with Crippen LogP contribution in [0, 0.1) is 0 Å². The molecule has 2 aromatic carbocycles. The lowest BCUT2D eigenvalue weighted by Gasteiger charge is -2.22. The standard InChI is InChI=1S/C19H18ClN5O2S/c1-13-10-11-23(16-8-4-5-9-17(16)28-13)18(26)12-24-19(27)25(22-21-24)15-7-3-2-6-14(15)20/h2-9,13H,10-12H2,1H3. The number of rotatable bonds is 3. The van der Waals surface area contributed by atoms with Crippen molar-refractivity contribution in [2.75, 3.05) is 11.4 Å². The van der Waals surface area contributed by atoms with Gasteiger partial charge in [-0.1, -0.05) is 42.8 Å². The zero-order valence-corrected chi connectivity index (χ0v) is 16.7. The van der Waals surface area contributed by atoms with Crippen LogP contribution in [-0.2, 0) is 11.3 Å². The van der Waals surface area contributed by atoms with E-state index in [1.807, 2.05) is 24.3 Å². The number of hydrogen-bond donors (Lipinski definition) is 0. The predicted octanol–water partition coefficient (Wildman–Crippen LogP) is 3.00. The first-order valence-corrected chi connectivity index (χ1v) is 10.1. The van der Waals surface area contributed by atoms with Crippen molar-refractivity contribution in [2.45, 2.75) is 30.0 Å². The number of halogens is 1. The second kappa shape index (κ2) is 7.81. The molecule has 1 aliphatic heterocycles. The highest BCUT2D eigenvalue weighted by Gasteiger charge is 2.25. The summed E-state index contributed by atoms with van der Waals surface area (Å²) >= 11 is 7.90. The summed E-state index contributed by atoms with van der Waals surface area (Å²) in [5.74, 6) is -0.199. The molecule has 144 valence electrons. The molecular formula is C19H18ClN5O2S. The van der Waals surface area contributed by atoms with Gasteiger partial charge in [-0.05, 0) is 41.1 Å². The average Bonchev–Trinajstić information content (AvgIpc) is 2.94. The van der Waals surface area contributed by atoms with Crippen LogP contribution >= 0.6 is 23.4 Å². The number of tetrazole rings is 1. The van der Waals surface area contributed by atoms with Gasteiger partial charge in [0.1, 0.15) is 6.54 Å². The maximum absolute atomic E-state index is 13.0. The van der Waals surface area contributed by atoms with E-state index < -0.39 is 5.69 Å². The monoisotopic (exact) mass is 415 g/mol. The maximum atomic E-state index is 13.0. The quantitative estimate of drug-likeness (QED) is 0.657. The van der Waals surface area contributed by atoms with Gasteiger partial charge in [0.25, 0.3) is 0 Å². The Hall–Kier alpha value is -2.58. The average molecular weight is 416 g/mol. The topological polar surface area (TPSA) is 73.0 Å². The number of carbonyl (C=O) groups is 1. The van der Waals surface area contributed by atoms with E-state index in [2.05, 4.69) is 17.4 Å². The number of aromatic nitrogens is 4. The largest absolute Gasteiger partial charge is 0.369 e. The fraction of sp³-hybridized carbons (Fsp3) is 0.263. The molecule has 0 fully saturated rings. The highest BCUT2D eigenvalue weighted by Crippen LogP contribution is 2.37. The molecule has 1 atom stereocenters. The van der Waals surface area contributed by atoms with Crippen LogP contribution in [-0.4, -0.2) is 37.5 Å². The van der Waals surface area contributed by atoms with Crippen molar-refractivity contribution in [2.24, 2.45) is 0 Å². The summed E-state index contributed by atoms with van der Waals surface area (Å²) in [6.07, 6.45) is 0.867. The van der Waals surface area contributed by atoms with Gasteiger partial charge in [0.15, 0.2) is 0 Å². The van der Waals surface area contributed by atoms with Gasteiger partial charge in [-0.25, -0.2) is 4.79 Å². The molecular weight excluding hydrogens is 398 g/mol. The van der Waals surface area contributed by atoms with Gasteiger partial charge >= 0.3 is 5.69 Å². The SMILES string of the molecule is CC1CCN(C(=O)Cn2nnn(-c3ccccc3Cl)c2=O)c2ccccc2S1.